The summed E-state index contributed by atoms with van der Waals surface area (Å²) >= 11 is 0. The topological polar surface area (TPSA) is 159 Å². The molecule has 1 atom stereocenters. The number of likely N-dealkylation sites (tertiary alicyclic amines) is 1. The van der Waals surface area contributed by atoms with Gasteiger partial charge >= 0.3 is 6.18 Å². The van der Waals surface area contributed by atoms with Crippen molar-refractivity contribution in [3.8, 4) is 5.75 Å². The molecule has 0 aliphatic carbocycles. The highest BCUT2D eigenvalue weighted by molar-refractivity contribution is 6.22. The molecule has 4 aromatic rings. The monoisotopic (exact) mass is 788 g/mol. The Labute approximate surface area is 326 Å². The van der Waals surface area contributed by atoms with Crippen molar-refractivity contribution in [2.24, 2.45) is 5.92 Å². The van der Waals surface area contributed by atoms with Gasteiger partial charge in [0.25, 0.3) is 17.7 Å². The Morgan fingerprint density at radius 1 is 0.982 bits per heavy atom. The summed E-state index contributed by atoms with van der Waals surface area (Å²) in [5, 5.41) is 10.7. The highest BCUT2D eigenvalue weighted by atomic mass is 19.4. The summed E-state index contributed by atoms with van der Waals surface area (Å²) < 4.78 is 46.9. The number of amides is 4. The van der Waals surface area contributed by atoms with Gasteiger partial charge in [0.15, 0.2) is 0 Å². The number of ether oxygens (including phenoxy) is 1. The van der Waals surface area contributed by atoms with Crippen molar-refractivity contribution < 1.29 is 41.9 Å². The lowest BCUT2D eigenvalue weighted by Crippen LogP contribution is -2.42. The van der Waals surface area contributed by atoms with Gasteiger partial charge in [-0.15, -0.1) is 0 Å². The van der Waals surface area contributed by atoms with Crippen molar-refractivity contribution in [3.63, 3.8) is 0 Å². The Kier molecular flexibility index (Phi) is 11.3. The third kappa shape index (κ3) is 8.33. The molecular formula is C40H43F3N8O6. The first-order valence-electron chi connectivity index (χ1n) is 18.9. The fourth-order valence-electron chi connectivity index (χ4n) is 7.94. The number of anilines is 2. The summed E-state index contributed by atoms with van der Waals surface area (Å²) in [5.74, 6) is -1.29. The second-order valence-corrected chi connectivity index (χ2v) is 14.7. The van der Waals surface area contributed by atoms with Gasteiger partial charge in [0.05, 0.1) is 41.5 Å². The first-order chi connectivity index (χ1) is 27.4. The van der Waals surface area contributed by atoms with Gasteiger partial charge in [-0.25, -0.2) is 4.98 Å². The number of carbonyl (C=O) groups is 5. The number of rotatable bonds is 12. The molecular weight excluding hydrogens is 745 g/mol. The summed E-state index contributed by atoms with van der Waals surface area (Å²) in [4.78, 5) is 72.0. The molecule has 57 heavy (non-hydrogen) atoms. The molecule has 3 aliphatic rings. The normalized spacial score (nSPS) is 17.5. The molecule has 300 valence electrons. The summed E-state index contributed by atoms with van der Waals surface area (Å²) in [6, 6.07) is 10.9. The smallest absolute Gasteiger partial charge is 0.433 e. The number of alkyl halides is 3. The molecule has 0 radical (unpaired) electrons. The molecule has 1 unspecified atom stereocenters. The largest absolute Gasteiger partial charge is 0.494 e. The van der Waals surface area contributed by atoms with E-state index in [0.29, 0.717) is 29.2 Å². The maximum atomic E-state index is 13.3. The van der Waals surface area contributed by atoms with Crippen molar-refractivity contribution >= 4 is 52.2 Å². The fourth-order valence-corrected chi connectivity index (χ4v) is 7.94. The van der Waals surface area contributed by atoms with E-state index in [1.807, 2.05) is 16.9 Å². The Morgan fingerprint density at radius 2 is 1.72 bits per heavy atom. The van der Waals surface area contributed by atoms with E-state index in [0.717, 1.165) is 86.5 Å². The minimum absolute atomic E-state index is 0.0208. The van der Waals surface area contributed by atoms with Crippen LogP contribution in [0.5, 0.6) is 5.75 Å². The average Bonchev–Trinajstić information content (AvgIpc) is 3.74. The van der Waals surface area contributed by atoms with Crippen molar-refractivity contribution in [3.05, 3.63) is 77.2 Å². The van der Waals surface area contributed by atoms with Gasteiger partial charge in [0.2, 0.25) is 5.91 Å². The van der Waals surface area contributed by atoms with Gasteiger partial charge in [-0.2, -0.15) is 18.3 Å². The number of aldehydes is 1. The highest BCUT2D eigenvalue weighted by Gasteiger charge is 2.40. The molecule has 2 saturated heterocycles. The predicted molar refractivity (Wildman–Crippen MR) is 203 cm³/mol. The second-order valence-electron chi connectivity index (χ2n) is 14.7. The zero-order chi connectivity index (χ0) is 40.4. The summed E-state index contributed by atoms with van der Waals surface area (Å²) in [6.45, 7) is 4.38. The van der Waals surface area contributed by atoms with Crippen molar-refractivity contribution in [2.45, 2.75) is 56.8 Å². The number of imide groups is 1. The van der Waals surface area contributed by atoms with E-state index in [1.165, 1.54) is 20.2 Å². The van der Waals surface area contributed by atoms with Crippen LogP contribution >= 0.6 is 0 Å². The predicted octanol–water partition coefficient (Wildman–Crippen LogP) is 4.95. The third-order valence-electron chi connectivity index (χ3n) is 11.1. The van der Waals surface area contributed by atoms with Crippen LogP contribution in [-0.4, -0.2) is 107 Å². The number of pyridine rings is 1. The van der Waals surface area contributed by atoms with Gasteiger partial charge in [-0.05, 0) is 74.4 Å². The van der Waals surface area contributed by atoms with Crippen LogP contribution in [-0.2, 0) is 15.8 Å². The minimum atomic E-state index is -4.68. The number of halogens is 3. The molecule has 14 nitrogen and oxygen atoms in total. The van der Waals surface area contributed by atoms with Crippen LogP contribution in [0.1, 0.15) is 81.5 Å². The number of hydrogen-bond acceptors (Lipinski definition) is 10. The molecule has 0 spiro atoms. The van der Waals surface area contributed by atoms with Crippen molar-refractivity contribution in [2.75, 3.05) is 57.1 Å². The van der Waals surface area contributed by atoms with Crippen LogP contribution in [0, 0.1) is 5.92 Å². The molecule has 4 amide bonds. The van der Waals surface area contributed by atoms with Gasteiger partial charge < -0.3 is 30.0 Å². The molecule has 2 aromatic heterocycles. The molecule has 2 fully saturated rings. The number of nitrogens with one attached hydrogen (secondary N) is 2. The number of hydrogen-bond donors (Lipinski definition) is 2. The van der Waals surface area contributed by atoms with Crippen molar-refractivity contribution in [1.82, 2.24) is 29.9 Å². The Hall–Kier alpha value is -5.84. The molecule has 2 aromatic carbocycles. The Bertz CT molecular complexity index is 2190. The molecule has 0 saturated carbocycles. The van der Waals surface area contributed by atoms with E-state index in [9.17, 15) is 37.1 Å². The first kappa shape index (κ1) is 39.4. The lowest BCUT2D eigenvalue weighted by atomic mass is 9.94. The van der Waals surface area contributed by atoms with E-state index < -0.39 is 35.6 Å². The summed E-state index contributed by atoms with van der Waals surface area (Å²) in [6.07, 6.45) is 1.59. The SMILES string of the molecule is CNC(=O)CCC(C=O)N1C(=O)c2ccc(N3CCC(CN4CCC(n5cc6cc(NC(=O)c7cccc(C(F)(F)F)n7)c(OC)cc6n5)CC4)CC3)cc2C1=O. The van der Waals surface area contributed by atoms with E-state index >= 15 is 0 Å². The molecule has 3 aliphatic heterocycles. The average molecular weight is 789 g/mol. The molecule has 0 bridgehead atoms. The van der Waals surface area contributed by atoms with Crippen LogP contribution < -0.4 is 20.3 Å². The fraction of sp³-hybridized carbons (Fsp3) is 0.425. The van der Waals surface area contributed by atoms with Gasteiger partial charge in [-0.3, -0.25) is 28.8 Å². The number of fused-ring (bicyclic) bond motifs is 2. The van der Waals surface area contributed by atoms with E-state index in [4.69, 9.17) is 9.84 Å². The van der Waals surface area contributed by atoms with Crippen LogP contribution in [0.2, 0.25) is 0 Å². The number of piperidine rings is 2. The van der Waals surface area contributed by atoms with Gasteiger partial charge in [-0.1, -0.05) is 6.07 Å². The minimum Gasteiger partial charge on any atom is -0.494 e. The molecule has 7 rings (SSSR count). The van der Waals surface area contributed by atoms with Crippen molar-refractivity contribution in [1.29, 1.82) is 0 Å². The highest BCUT2D eigenvalue weighted by Crippen LogP contribution is 2.35. The Balaban J connectivity index is 0.913. The number of benzene rings is 2. The lowest BCUT2D eigenvalue weighted by molar-refractivity contribution is -0.141. The maximum Gasteiger partial charge on any atom is 0.433 e. The number of aromatic nitrogens is 3. The standard InChI is InChI=1S/C40H43F3N8O6/c1-44-36(53)9-7-28(23-52)51-38(55)29-8-6-27(19-30(29)39(51)56)49-16-10-24(11-17-49)21-48-14-12-26(13-15-48)50-22-25-18-33(34(57-2)20-32(25)47-50)46-37(54)31-4-3-5-35(45-31)40(41,42)43/h3-6,8,18-20,22-24,26,28H,7,9-17,21H2,1-2H3,(H,44,53)(H,46,54). The molecule has 5 heterocycles. The summed E-state index contributed by atoms with van der Waals surface area (Å²) in [5.41, 5.74) is 0.828. The zero-order valence-electron chi connectivity index (χ0n) is 31.6. The number of methoxy groups -OCH3 is 1. The lowest BCUT2D eigenvalue weighted by Gasteiger charge is -2.38. The van der Waals surface area contributed by atoms with E-state index in [2.05, 4.69) is 25.4 Å². The number of carbonyl (C=O) groups excluding carboxylic acids is 5. The van der Waals surface area contributed by atoms with Crippen LogP contribution in [0.25, 0.3) is 10.9 Å². The van der Waals surface area contributed by atoms with Gasteiger partial charge in [0, 0.05) is 69.5 Å². The zero-order valence-corrected chi connectivity index (χ0v) is 31.6. The third-order valence-corrected chi connectivity index (χ3v) is 11.1. The maximum absolute atomic E-state index is 13.3. The van der Waals surface area contributed by atoms with E-state index in [-0.39, 0.29) is 41.6 Å². The van der Waals surface area contributed by atoms with Gasteiger partial charge in [0.1, 0.15) is 23.4 Å². The van der Waals surface area contributed by atoms with E-state index in [1.54, 1.807) is 24.3 Å². The van der Waals surface area contributed by atoms with Crippen LogP contribution in [0.4, 0.5) is 24.5 Å². The molecule has 2 N–H and O–H groups in total. The quantitative estimate of drug-likeness (QED) is 0.149. The second kappa shape index (κ2) is 16.3. The van der Waals surface area contributed by atoms with Crippen LogP contribution in [0.15, 0.2) is 54.7 Å². The first-order valence-corrected chi connectivity index (χ1v) is 18.9. The number of nitrogens with zero attached hydrogens (tertiary/aromatic N) is 6. The van der Waals surface area contributed by atoms with Crippen LogP contribution in [0.3, 0.4) is 0 Å². The Morgan fingerprint density at radius 3 is 2.40 bits per heavy atom. The molecule has 17 heteroatoms. The summed E-state index contributed by atoms with van der Waals surface area (Å²) in [7, 11) is 2.93.